The summed E-state index contributed by atoms with van der Waals surface area (Å²) in [4.78, 5) is 14.5. The van der Waals surface area contributed by atoms with Crippen LogP contribution in [0.1, 0.15) is 11.3 Å². The Morgan fingerprint density at radius 1 is 1.12 bits per heavy atom. The molecule has 0 aliphatic carbocycles. The molecule has 0 spiro atoms. The summed E-state index contributed by atoms with van der Waals surface area (Å²) in [5, 5.41) is 8.16. The van der Waals surface area contributed by atoms with Crippen LogP contribution in [0, 0.1) is 0 Å². The Kier molecular flexibility index (Phi) is 6.55. The zero-order valence-electron chi connectivity index (χ0n) is 13.6. The van der Waals surface area contributed by atoms with Gasteiger partial charge in [0.2, 0.25) is 5.91 Å². The maximum Gasteiger partial charge on any atom is 0.233 e. The average molecular weight is 392 g/mol. The molecule has 0 aliphatic heterocycles. The van der Waals surface area contributed by atoms with Gasteiger partial charge < -0.3 is 9.32 Å². The van der Waals surface area contributed by atoms with Crippen molar-refractivity contribution < 1.29 is 9.21 Å². The van der Waals surface area contributed by atoms with E-state index in [9.17, 15) is 4.79 Å². The van der Waals surface area contributed by atoms with Gasteiger partial charge in [-0.1, -0.05) is 65.2 Å². The third-order valence-electron chi connectivity index (χ3n) is 3.38. The van der Waals surface area contributed by atoms with E-state index >= 15 is 0 Å². The second-order valence-corrected chi connectivity index (χ2v) is 8.39. The number of benzene rings is 1. The van der Waals surface area contributed by atoms with Crippen molar-refractivity contribution in [3.63, 3.8) is 0 Å². The average Bonchev–Trinajstić information content (AvgIpc) is 3.31. The van der Waals surface area contributed by atoms with Gasteiger partial charge in [-0.25, -0.2) is 0 Å². The second-order valence-electron chi connectivity index (χ2n) is 5.14. The lowest BCUT2D eigenvalue weighted by molar-refractivity contribution is -0.129. The number of hydrogen-bond donors (Lipinski definition) is 0. The first-order valence-corrected chi connectivity index (χ1v) is 10.6. The maximum atomic E-state index is 12.7. The van der Waals surface area contributed by atoms with E-state index < -0.39 is 0 Å². The molecule has 0 N–H and O–H groups in total. The molecule has 3 rings (SSSR count). The van der Waals surface area contributed by atoms with Crippen LogP contribution in [0.15, 0.2) is 61.8 Å². The minimum absolute atomic E-state index is 0.0474. The highest BCUT2D eigenvalue weighted by atomic mass is 32.2. The summed E-state index contributed by atoms with van der Waals surface area (Å²) >= 11 is 4.49. The number of thioether (sulfide) groups is 2. The topological polar surface area (TPSA) is 59.2 Å². The van der Waals surface area contributed by atoms with Crippen LogP contribution in [-0.4, -0.2) is 33.0 Å². The molecule has 1 aromatic carbocycles. The van der Waals surface area contributed by atoms with Crippen LogP contribution in [0.2, 0.25) is 0 Å². The summed E-state index contributed by atoms with van der Waals surface area (Å²) in [7, 11) is 0. The van der Waals surface area contributed by atoms with Gasteiger partial charge in [-0.2, -0.15) is 0 Å². The molecule has 2 aromatic heterocycles. The first-order valence-electron chi connectivity index (χ1n) is 7.59. The normalized spacial score (nSPS) is 10.8. The van der Waals surface area contributed by atoms with Crippen molar-refractivity contribution in [1.82, 2.24) is 15.1 Å². The summed E-state index contributed by atoms with van der Waals surface area (Å²) in [6, 6.07) is 13.7. The lowest BCUT2D eigenvalue weighted by atomic mass is 10.2. The molecule has 0 bridgehead atoms. The standard InChI is InChI=1S/C17H17N3O2S3/c1-23-16-18-19-17(25-16)24-12-15(21)20(11-14-8-5-9-22-14)10-13-6-3-2-4-7-13/h2-9H,10-12H2,1H3. The van der Waals surface area contributed by atoms with Gasteiger partial charge >= 0.3 is 0 Å². The fourth-order valence-corrected chi connectivity index (χ4v) is 4.52. The molecule has 0 aliphatic rings. The van der Waals surface area contributed by atoms with Crippen molar-refractivity contribution in [3.8, 4) is 0 Å². The maximum absolute atomic E-state index is 12.7. The third-order valence-corrected chi connectivity index (χ3v) is 6.39. The molecule has 0 saturated heterocycles. The van der Waals surface area contributed by atoms with Crippen molar-refractivity contribution in [2.75, 3.05) is 12.0 Å². The third kappa shape index (κ3) is 5.35. The molecule has 25 heavy (non-hydrogen) atoms. The van der Waals surface area contributed by atoms with Crippen LogP contribution < -0.4 is 0 Å². The first kappa shape index (κ1) is 18.0. The fraction of sp³-hybridized carbons (Fsp3) is 0.235. The van der Waals surface area contributed by atoms with Gasteiger partial charge in [-0.05, 0) is 24.0 Å². The van der Waals surface area contributed by atoms with Crippen LogP contribution in [-0.2, 0) is 17.9 Å². The van der Waals surface area contributed by atoms with Crippen molar-refractivity contribution in [2.45, 2.75) is 21.8 Å². The van der Waals surface area contributed by atoms with E-state index in [0.717, 1.165) is 20.0 Å². The minimum Gasteiger partial charge on any atom is -0.467 e. The molecular formula is C17H17N3O2S3. The van der Waals surface area contributed by atoms with Crippen LogP contribution >= 0.6 is 34.9 Å². The van der Waals surface area contributed by atoms with E-state index in [1.54, 1.807) is 22.9 Å². The Hall–Kier alpha value is -1.77. The Morgan fingerprint density at radius 3 is 2.60 bits per heavy atom. The number of furan rings is 1. The molecule has 2 heterocycles. The number of amides is 1. The van der Waals surface area contributed by atoms with E-state index in [1.165, 1.54) is 23.1 Å². The van der Waals surface area contributed by atoms with Crippen molar-refractivity contribution >= 4 is 40.8 Å². The Labute approximate surface area is 158 Å². The number of carbonyl (C=O) groups excluding carboxylic acids is 1. The second kappa shape index (κ2) is 9.07. The molecule has 8 heteroatoms. The highest BCUT2D eigenvalue weighted by molar-refractivity contribution is 8.03. The van der Waals surface area contributed by atoms with Gasteiger partial charge in [0.25, 0.3) is 0 Å². The van der Waals surface area contributed by atoms with Crippen LogP contribution in [0.4, 0.5) is 0 Å². The number of hydrogen-bond acceptors (Lipinski definition) is 7. The highest BCUT2D eigenvalue weighted by Gasteiger charge is 2.17. The monoisotopic (exact) mass is 391 g/mol. The zero-order chi connectivity index (χ0) is 17.5. The van der Waals surface area contributed by atoms with Crippen LogP contribution in [0.3, 0.4) is 0 Å². The quantitative estimate of drug-likeness (QED) is 0.537. The molecule has 0 atom stereocenters. The molecule has 5 nitrogen and oxygen atoms in total. The van der Waals surface area contributed by atoms with Gasteiger partial charge in [0.15, 0.2) is 8.68 Å². The molecule has 0 saturated carbocycles. The highest BCUT2D eigenvalue weighted by Crippen LogP contribution is 2.27. The Balaban J connectivity index is 1.65. The number of carbonyl (C=O) groups is 1. The molecule has 0 unspecified atom stereocenters. The predicted octanol–water partition coefficient (Wildman–Crippen LogP) is 4.17. The summed E-state index contributed by atoms with van der Waals surface area (Å²) in [6.45, 7) is 1.00. The lowest BCUT2D eigenvalue weighted by Gasteiger charge is -2.21. The van der Waals surface area contributed by atoms with Gasteiger partial charge in [-0.15, -0.1) is 10.2 Å². The number of aromatic nitrogens is 2. The van der Waals surface area contributed by atoms with Crippen LogP contribution in [0.25, 0.3) is 0 Å². The fourth-order valence-electron chi connectivity index (χ4n) is 2.18. The van der Waals surface area contributed by atoms with E-state index in [4.69, 9.17) is 4.42 Å². The Morgan fingerprint density at radius 2 is 1.92 bits per heavy atom. The van der Waals surface area contributed by atoms with Gasteiger partial charge in [0, 0.05) is 6.54 Å². The van der Waals surface area contributed by atoms with E-state index in [-0.39, 0.29) is 5.91 Å². The smallest absolute Gasteiger partial charge is 0.233 e. The van der Waals surface area contributed by atoms with E-state index in [2.05, 4.69) is 10.2 Å². The summed E-state index contributed by atoms with van der Waals surface area (Å²) in [5.74, 6) is 1.15. The SMILES string of the molecule is CSc1nnc(SCC(=O)N(Cc2ccccc2)Cc2ccco2)s1. The summed E-state index contributed by atoms with van der Waals surface area (Å²) in [5.41, 5.74) is 1.09. The molecule has 1 amide bonds. The predicted molar refractivity (Wildman–Crippen MR) is 102 cm³/mol. The van der Waals surface area contributed by atoms with Crippen molar-refractivity contribution in [1.29, 1.82) is 0 Å². The lowest BCUT2D eigenvalue weighted by Crippen LogP contribution is -2.31. The van der Waals surface area contributed by atoms with Gasteiger partial charge in [0.05, 0.1) is 18.6 Å². The largest absolute Gasteiger partial charge is 0.467 e. The molecule has 0 radical (unpaired) electrons. The van der Waals surface area contributed by atoms with E-state index in [0.29, 0.717) is 18.8 Å². The number of rotatable bonds is 8. The molecule has 130 valence electrons. The van der Waals surface area contributed by atoms with Crippen LogP contribution in [0.5, 0.6) is 0 Å². The first-order chi connectivity index (χ1) is 12.2. The summed E-state index contributed by atoms with van der Waals surface area (Å²) in [6.07, 6.45) is 3.59. The summed E-state index contributed by atoms with van der Waals surface area (Å²) < 4.78 is 7.13. The zero-order valence-corrected chi connectivity index (χ0v) is 16.1. The van der Waals surface area contributed by atoms with Gasteiger partial charge in [-0.3, -0.25) is 4.79 Å². The van der Waals surface area contributed by atoms with Gasteiger partial charge in [0.1, 0.15) is 5.76 Å². The van der Waals surface area contributed by atoms with Crippen molar-refractivity contribution in [3.05, 3.63) is 60.1 Å². The van der Waals surface area contributed by atoms with E-state index in [1.807, 2.05) is 48.7 Å². The molecule has 3 aromatic rings. The Bertz CT molecular complexity index is 791. The number of nitrogens with zero attached hydrogens (tertiary/aromatic N) is 3. The molecular weight excluding hydrogens is 374 g/mol. The molecule has 0 fully saturated rings. The van der Waals surface area contributed by atoms with Crippen molar-refractivity contribution in [2.24, 2.45) is 0 Å². The minimum atomic E-state index is 0.0474.